The van der Waals surface area contributed by atoms with Crippen LogP contribution in [0.3, 0.4) is 0 Å². The molecule has 1 aromatic rings. The van der Waals surface area contributed by atoms with E-state index >= 15 is 0 Å². The maximum atomic E-state index is 6.10. The third kappa shape index (κ3) is 4.34. The number of rotatable bonds is 6. The van der Waals surface area contributed by atoms with Crippen LogP contribution in [0.25, 0.3) is 0 Å². The summed E-state index contributed by atoms with van der Waals surface area (Å²) in [6.45, 7) is 9.07. The second-order valence-electron chi connectivity index (χ2n) is 8.64. The molecular formula is C22H32O4. The molecule has 144 valence electrons. The van der Waals surface area contributed by atoms with Gasteiger partial charge in [-0.2, -0.15) is 0 Å². The molecule has 4 rings (SSSR count). The fraction of sp³-hybridized carbons (Fsp3) is 0.727. The van der Waals surface area contributed by atoms with Gasteiger partial charge in [-0.05, 0) is 56.1 Å². The van der Waals surface area contributed by atoms with Gasteiger partial charge in [-0.3, -0.25) is 0 Å². The van der Waals surface area contributed by atoms with E-state index in [1.807, 2.05) is 24.3 Å². The summed E-state index contributed by atoms with van der Waals surface area (Å²) in [6, 6.07) is 8.09. The monoisotopic (exact) mass is 360 g/mol. The highest BCUT2D eigenvalue weighted by atomic mass is 16.6. The van der Waals surface area contributed by atoms with Crippen molar-refractivity contribution in [2.24, 2.45) is 23.7 Å². The minimum absolute atomic E-state index is 0.335. The maximum absolute atomic E-state index is 6.10. The molecule has 0 spiro atoms. The second-order valence-corrected chi connectivity index (χ2v) is 8.64. The van der Waals surface area contributed by atoms with E-state index in [-0.39, 0.29) is 0 Å². The summed E-state index contributed by atoms with van der Waals surface area (Å²) in [7, 11) is 0. The van der Waals surface area contributed by atoms with E-state index in [9.17, 15) is 0 Å². The fourth-order valence-electron chi connectivity index (χ4n) is 4.39. The van der Waals surface area contributed by atoms with Crippen LogP contribution in [0.4, 0.5) is 0 Å². The van der Waals surface area contributed by atoms with Crippen molar-refractivity contribution in [1.29, 1.82) is 0 Å². The standard InChI is InChI=1S/C22H32O4/c1-14-7-21-22(26-21)9-18(14)13-25-20-6-4-5-19(10-20)24-12-17-8-16(3)23-11-15(17)2/h4-6,10,14-18,21-22H,7-9,11-13H2,1-3H3. The topological polar surface area (TPSA) is 40.2 Å². The molecule has 7 atom stereocenters. The van der Waals surface area contributed by atoms with Crippen LogP contribution in [0.1, 0.15) is 40.0 Å². The van der Waals surface area contributed by atoms with E-state index in [0.29, 0.717) is 42.0 Å². The second kappa shape index (κ2) is 7.77. The Morgan fingerprint density at radius 1 is 0.885 bits per heavy atom. The molecule has 3 aliphatic rings. The molecule has 2 saturated heterocycles. The SMILES string of the molecule is CC1CC(COc2cccc(OCC3CC4OC4CC3C)c2)C(C)CO1. The first kappa shape index (κ1) is 18.1. The van der Waals surface area contributed by atoms with Crippen LogP contribution in [0.2, 0.25) is 0 Å². The lowest BCUT2D eigenvalue weighted by Gasteiger charge is -2.32. The predicted octanol–water partition coefficient (Wildman–Crippen LogP) is 4.32. The van der Waals surface area contributed by atoms with Crippen LogP contribution in [0.5, 0.6) is 11.5 Å². The van der Waals surface area contributed by atoms with Crippen molar-refractivity contribution >= 4 is 0 Å². The van der Waals surface area contributed by atoms with Crippen molar-refractivity contribution in [1.82, 2.24) is 0 Å². The molecule has 0 amide bonds. The Kier molecular flexibility index (Phi) is 5.42. The molecule has 1 saturated carbocycles. The Labute approximate surface area is 157 Å². The first-order valence-electron chi connectivity index (χ1n) is 10.2. The Bertz CT molecular complexity index is 578. The lowest BCUT2D eigenvalue weighted by atomic mass is 9.81. The first-order chi connectivity index (χ1) is 12.6. The molecule has 2 heterocycles. The zero-order valence-corrected chi connectivity index (χ0v) is 16.2. The number of ether oxygens (including phenoxy) is 4. The van der Waals surface area contributed by atoms with Crippen molar-refractivity contribution < 1.29 is 18.9 Å². The van der Waals surface area contributed by atoms with Crippen LogP contribution >= 0.6 is 0 Å². The highest BCUT2D eigenvalue weighted by Gasteiger charge is 2.47. The molecule has 4 nitrogen and oxygen atoms in total. The van der Waals surface area contributed by atoms with Gasteiger partial charge in [-0.1, -0.05) is 19.9 Å². The molecule has 0 bridgehead atoms. The van der Waals surface area contributed by atoms with Crippen LogP contribution < -0.4 is 9.47 Å². The van der Waals surface area contributed by atoms with Gasteiger partial charge >= 0.3 is 0 Å². The molecule has 3 fully saturated rings. The van der Waals surface area contributed by atoms with E-state index in [2.05, 4.69) is 20.8 Å². The lowest BCUT2D eigenvalue weighted by Crippen LogP contribution is -2.33. The summed E-state index contributed by atoms with van der Waals surface area (Å²) in [6.07, 6.45) is 4.76. The summed E-state index contributed by atoms with van der Waals surface area (Å²) >= 11 is 0. The Balaban J connectivity index is 1.27. The molecule has 26 heavy (non-hydrogen) atoms. The predicted molar refractivity (Wildman–Crippen MR) is 101 cm³/mol. The van der Waals surface area contributed by atoms with Gasteiger partial charge in [0.15, 0.2) is 0 Å². The molecule has 7 unspecified atom stereocenters. The van der Waals surface area contributed by atoms with Gasteiger partial charge in [0.05, 0.1) is 31.5 Å². The van der Waals surface area contributed by atoms with Gasteiger partial charge < -0.3 is 18.9 Å². The molecule has 2 aliphatic heterocycles. The molecule has 1 aromatic carbocycles. The van der Waals surface area contributed by atoms with Gasteiger partial charge in [0.2, 0.25) is 0 Å². The lowest BCUT2D eigenvalue weighted by molar-refractivity contribution is -0.0419. The van der Waals surface area contributed by atoms with Crippen LogP contribution in [0.15, 0.2) is 24.3 Å². The summed E-state index contributed by atoms with van der Waals surface area (Å²) in [5.74, 6) is 4.17. The Morgan fingerprint density at radius 3 is 2.27 bits per heavy atom. The molecule has 4 heteroatoms. The molecule has 0 aromatic heterocycles. The van der Waals surface area contributed by atoms with Crippen LogP contribution in [0, 0.1) is 23.7 Å². The summed E-state index contributed by atoms with van der Waals surface area (Å²) in [5.41, 5.74) is 0. The smallest absolute Gasteiger partial charge is 0.122 e. The first-order valence-corrected chi connectivity index (χ1v) is 10.2. The average molecular weight is 360 g/mol. The van der Waals surface area contributed by atoms with E-state index in [0.717, 1.165) is 44.2 Å². The van der Waals surface area contributed by atoms with E-state index in [1.54, 1.807) is 0 Å². The molecule has 0 N–H and O–H groups in total. The number of epoxide rings is 1. The van der Waals surface area contributed by atoms with Crippen molar-refractivity contribution in [2.45, 2.75) is 58.3 Å². The van der Waals surface area contributed by atoms with Crippen molar-refractivity contribution in [3.05, 3.63) is 24.3 Å². The van der Waals surface area contributed by atoms with Gasteiger partial charge in [-0.15, -0.1) is 0 Å². The third-order valence-corrected chi connectivity index (χ3v) is 6.45. The third-order valence-electron chi connectivity index (χ3n) is 6.45. The minimum Gasteiger partial charge on any atom is -0.493 e. The van der Waals surface area contributed by atoms with E-state index in [1.165, 1.54) is 6.42 Å². The van der Waals surface area contributed by atoms with Gasteiger partial charge in [0, 0.05) is 18.6 Å². The minimum atomic E-state index is 0.335. The molecular weight excluding hydrogens is 328 g/mol. The highest BCUT2D eigenvalue weighted by molar-refractivity contribution is 5.33. The normalized spacial score (nSPS) is 39.1. The quantitative estimate of drug-likeness (QED) is 0.709. The largest absolute Gasteiger partial charge is 0.493 e. The fourth-order valence-corrected chi connectivity index (χ4v) is 4.39. The zero-order valence-electron chi connectivity index (χ0n) is 16.2. The summed E-state index contributed by atoms with van der Waals surface area (Å²) in [4.78, 5) is 0. The van der Waals surface area contributed by atoms with Crippen molar-refractivity contribution in [3.8, 4) is 11.5 Å². The van der Waals surface area contributed by atoms with Gasteiger partial charge in [0.25, 0.3) is 0 Å². The number of hydrogen-bond donors (Lipinski definition) is 0. The highest BCUT2D eigenvalue weighted by Crippen LogP contribution is 2.42. The molecule has 0 radical (unpaired) electrons. The van der Waals surface area contributed by atoms with E-state index in [4.69, 9.17) is 18.9 Å². The zero-order chi connectivity index (χ0) is 18.1. The van der Waals surface area contributed by atoms with Crippen LogP contribution in [-0.2, 0) is 9.47 Å². The average Bonchev–Trinajstić information content (AvgIpc) is 3.39. The Hall–Kier alpha value is -1.26. The number of hydrogen-bond acceptors (Lipinski definition) is 4. The summed E-state index contributed by atoms with van der Waals surface area (Å²) in [5, 5.41) is 0. The van der Waals surface area contributed by atoms with Crippen molar-refractivity contribution in [2.75, 3.05) is 19.8 Å². The van der Waals surface area contributed by atoms with Crippen molar-refractivity contribution in [3.63, 3.8) is 0 Å². The number of benzene rings is 1. The maximum Gasteiger partial charge on any atom is 0.122 e. The Morgan fingerprint density at radius 2 is 1.54 bits per heavy atom. The number of fused-ring (bicyclic) bond motifs is 1. The van der Waals surface area contributed by atoms with Crippen LogP contribution in [-0.4, -0.2) is 38.1 Å². The van der Waals surface area contributed by atoms with Gasteiger partial charge in [-0.25, -0.2) is 0 Å². The molecule has 1 aliphatic carbocycles. The van der Waals surface area contributed by atoms with E-state index < -0.39 is 0 Å². The van der Waals surface area contributed by atoms with Gasteiger partial charge in [0.1, 0.15) is 11.5 Å². The summed E-state index contributed by atoms with van der Waals surface area (Å²) < 4.78 is 23.6.